The quantitative estimate of drug-likeness (QED) is 0.870. The van der Waals surface area contributed by atoms with Crippen molar-refractivity contribution in [3.8, 4) is 11.3 Å². The number of hydrogen-bond donors (Lipinski definition) is 2. The molecule has 23 heavy (non-hydrogen) atoms. The van der Waals surface area contributed by atoms with Crippen molar-refractivity contribution in [3.63, 3.8) is 0 Å². The van der Waals surface area contributed by atoms with Crippen molar-refractivity contribution in [1.29, 1.82) is 0 Å². The van der Waals surface area contributed by atoms with Crippen LogP contribution in [0.15, 0.2) is 34.9 Å². The average Bonchev–Trinajstić information content (AvgIpc) is 3.17. The van der Waals surface area contributed by atoms with Gasteiger partial charge in [0.2, 0.25) is 0 Å². The van der Waals surface area contributed by atoms with Crippen molar-refractivity contribution < 1.29 is 19.4 Å². The van der Waals surface area contributed by atoms with Gasteiger partial charge in [-0.05, 0) is 36.8 Å². The molecule has 2 aliphatic carbocycles. The fraction of sp³-hybridized carbons (Fsp3) is 0.526. The molecule has 0 aromatic heterocycles. The molecule has 2 N–H and O–H groups in total. The van der Waals surface area contributed by atoms with E-state index in [1.54, 1.807) is 6.26 Å². The SMILES string of the molecule is CC(C)C(c1ccc2cccoc1-2)C(O)(C(=O)O)C1CCCC1. The first-order valence-electron chi connectivity index (χ1n) is 8.38. The molecule has 1 heterocycles. The minimum absolute atomic E-state index is 0.0160. The third kappa shape index (κ3) is 2.55. The molecule has 124 valence electrons. The van der Waals surface area contributed by atoms with Gasteiger partial charge in [-0.3, -0.25) is 0 Å². The molecule has 3 aliphatic rings. The van der Waals surface area contributed by atoms with Crippen molar-refractivity contribution >= 4 is 5.97 Å². The van der Waals surface area contributed by atoms with Gasteiger partial charge >= 0.3 is 5.97 Å². The Morgan fingerprint density at radius 1 is 1.26 bits per heavy atom. The molecule has 4 heteroatoms. The Morgan fingerprint density at radius 3 is 2.57 bits per heavy atom. The van der Waals surface area contributed by atoms with Gasteiger partial charge in [0.25, 0.3) is 0 Å². The van der Waals surface area contributed by atoms with Crippen LogP contribution in [0, 0.1) is 11.8 Å². The third-order valence-electron chi connectivity index (χ3n) is 5.30. The van der Waals surface area contributed by atoms with Crippen LogP contribution in [0.25, 0.3) is 11.3 Å². The number of aliphatic hydroxyl groups is 1. The summed E-state index contributed by atoms with van der Waals surface area (Å²) in [5, 5.41) is 21.2. The highest BCUT2D eigenvalue weighted by molar-refractivity contribution is 5.80. The standard InChI is InChI=1S/C19H24O4/c1-12(2)16(15-10-9-13-6-5-11-23-17(13)15)19(22,18(20)21)14-7-3-4-8-14/h5-6,9-12,14,16,22H,3-4,7-8H2,1-2H3,(H,20,21). The summed E-state index contributed by atoms with van der Waals surface area (Å²) in [6.07, 6.45) is 5.09. The van der Waals surface area contributed by atoms with Crippen LogP contribution in [0.4, 0.5) is 0 Å². The molecule has 3 rings (SSSR count). The maximum atomic E-state index is 12.1. The van der Waals surface area contributed by atoms with Crippen LogP contribution in [0.2, 0.25) is 0 Å². The number of fused-ring (bicyclic) bond motifs is 1. The molecular formula is C19H24O4. The second kappa shape index (κ2) is 6.00. The summed E-state index contributed by atoms with van der Waals surface area (Å²) in [7, 11) is 0. The zero-order valence-corrected chi connectivity index (χ0v) is 13.7. The molecule has 1 saturated carbocycles. The Hall–Kier alpha value is -1.81. The van der Waals surface area contributed by atoms with Gasteiger partial charge in [0.1, 0.15) is 5.76 Å². The Morgan fingerprint density at radius 2 is 1.96 bits per heavy atom. The fourth-order valence-corrected chi connectivity index (χ4v) is 4.29. The van der Waals surface area contributed by atoms with Crippen LogP contribution in [-0.2, 0) is 4.79 Å². The largest absolute Gasteiger partial charge is 0.479 e. The lowest BCUT2D eigenvalue weighted by atomic mass is 9.68. The minimum Gasteiger partial charge on any atom is -0.479 e. The summed E-state index contributed by atoms with van der Waals surface area (Å²) < 4.78 is 5.65. The van der Waals surface area contributed by atoms with Crippen molar-refractivity contribution in [2.45, 2.75) is 51.0 Å². The van der Waals surface area contributed by atoms with Crippen LogP contribution in [-0.4, -0.2) is 21.8 Å². The summed E-state index contributed by atoms with van der Waals surface area (Å²) in [4.78, 5) is 12.1. The van der Waals surface area contributed by atoms with Gasteiger partial charge in [0.05, 0.1) is 6.26 Å². The Bertz CT molecular complexity index is 653. The number of carboxylic acids is 1. The number of carboxylic acid groups (broad SMARTS) is 1. The lowest BCUT2D eigenvalue weighted by Crippen LogP contribution is -2.51. The van der Waals surface area contributed by atoms with Crippen molar-refractivity contribution in [2.75, 3.05) is 0 Å². The van der Waals surface area contributed by atoms with Gasteiger partial charge in [0.15, 0.2) is 5.60 Å². The topological polar surface area (TPSA) is 70.7 Å². The van der Waals surface area contributed by atoms with E-state index in [2.05, 4.69) is 0 Å². The van der Waals surface area contributed by atoms with Crippen LogP contribution < -0.4 is 0 Å². The van der Waals surface area contributed by atoms with E-state index in [0.29, 0.717) is 5.76 Å². The van der Waals surface area contributed by atoms with Gasteiger partial charge in [-0.1, -0.05) is 38.8 Å². The summed E-state index contributed by atoms with van der Waals surface area (Å²) in [6.45, 7) is 3.94. The maximum Gasteiger partial charge on any atom is 0.336 e. The summed E-state index contributed by atoms with van der Waals surface area (Å²) in [6, 6.07) is 7.59. The molecule has 2 atom stereocenters. The molecule has 0 bridgehead atoms. The average molecular weight is 316 g/mol. The van der Waals surface area contributed by atoms with Crippen LogP contribution in [0.1, 0.15) is 51.0 Å². The molecule has 0 radical (unpaired) electrons. The lowest BCUT2D eigenvalue weighted by Gasteiger charge is -2.39. The number of aliphatic carboxylic acids is 1. The van der Waals surface area contributed by atoms with Crippen molar-refractivity contribution in [3.05, 3.63) is 36.1 Å². The normalized spacial score (nSPS) is 20.0. The molecule has 0 aromatic carbocycles. The third-order valence-corrected chi connectivity index (χ3v) is 5.30. The zero-order chi connectivity index (χ0) is 16.6. The molecule has 1 aliphatic heterocycles. The highest BCUT2D eigenvalue weighted by atomic mass is 16.4. The summed E-state index contributed by atoms with van der Waals surface area (Å²) in [5.41, 5.74) is -0.0168. The molecule has 0 saturated heterocycles. The van der Waals surface area contributed by atoms with Gasteiger partial charge in [0, 0.05) is 17.0 Å². The molecule has 0 spiro atoms. The molecule has 2 unspecified atom stereocenters. The Balaban J connectivity index is 2.11. The van der Waals surface area contributed by atoms with E-state index in [1.807, 2.05) is 38.1 Å². The Labute approximate surface area is 136 Å². The van der Waals surface area contributed by atoms with E-state index in [9.17, 15) is 15.0 Å². The van der Waals surface area contributed by atoms with Gasteiger partial charge in [-0.2, -0.15) is 0 Å². The predicted octanol–water partition coefficient (Wildman–Crippen LogP) is 4.13. The van der Waals surface area contributed by atoms with E-state index in [0.717, 1.165) is 36.8 Å². The first-order chi connectivity index (χ1) is 11.0. The maximum absolute atomic E-state index is 12.1. The summed E-state index contributed by atoms with van der Waals surface area (Å²) >= 11 is 0. The second-order valence-electron chi connectivity index (χ2n) is 7.02. The van der Waals surface area contributed by atoms with Crippen LogP contribution >= 0.6 is 0 Å². The number of rotatable bonds is 5. The lowest BCUT2D eigenvalue weighted by molar-refractivity contribution is -0.170. The smallest absolute Gasteiger partial charge is 0.336 e. The van der Waals surface area contributed by atoms with E-state index >= 15 is 0 Å². The van der Waals surface area contributed by atoms with E-state index in [4.69, 9.17) is 4.42 Å². The highest BCUT2D eigenvalue weighted by Gasteiger charge is 2.53. The predicted molar refractivity (Wildman–Crippen MR) is 87.5 cm³/mol. The van der Waals surface area contributed by atoms with Gasteiger partial charge in [-0.15, -0.1) is 0 Å². The second-order valence-corrected chi connectivity index (χ2v) is 7.02. The monoisotopic (exact) mass is 316 g/mol. The fourth-order valence-electron chi connectivity index (χ4n) is 4.29. The summed E-state index contributed by atoms with van der Waals surface area (Å²) in [5.74, 6) is -1.15. The first-order valence-corrected chi connectivity index (χ1v) is 8.38. The van der Waals surface area contributed by atoms with E-state index in [1.165, 1.54) is 0 Å². The minimum atomic E-state index is -1.75. The first kappa shape index (κ1) is 16.1. The molecule has 4 nitrogen and oxygen atoms in total. The zero-order valence-electron chi connectivity index (χ0n) is 13.7. The van der Waals surface area contributed by atoms with Gasteiger partial charge < -0.3 is 14.6 Å². The molecule has 0 amide bonds. The van der Waals surface area contributed by atoms with Crippen LogP contribution in [0.5, 0.6) is 0 Å². The van der Waals surface area contributed by atoms with Crippen molar-refractivity contribution in [2.24, 2.45) is 11.8 Å². The van der Waals surface area contributed by atoms with E-state index < -0.39 is 17.5 Å². The van der Waals surface area contributed by atoms with Crippen molar-refractivity contribution in [1.82, 2.24) is 0 Å². The Kier molecular flexibility index (Phi) is 4.19. The molecule has 1 fully saturated rings. The molecular weight excluding hydrogens is 292 g/mol. The van der Waals surface area contributed by atoms with Gasteiger partial charge in [-0.25, -0.2) is 4.79 Å². The van der Waals surface area contributed by atoms with E-state index in [-0.39, 0.29) is 11.8 Å². The number of hydrogen-bond acceptors (Lipinski definition) is 3. The highest BCUT2D eigenvalue weighted by Crippen LogP contribution is 2.48. The van der Waals surface area contributed by atoms with Crippen LogP contribution in [0.3, 0.4) is 0 Å². The molecule has 0 aromatic rings. The number of carbonyl (C=O) groups is 1.